The van der Waals surface area contributed by atoms with Gasteiger partial charge in [-0.15, -0.1) is 0 Å². The number of anilines is 2. The second kappa shape index (κ2) is 10.1. The van der Waals surface area contributed by atoms with Gasteiger partial charge in [0.15, 0.2) is 0 Å². The molecule has 3 aliphatic heterocycles. The Kier molecular flexibility index (Phi) is 6.95. The lowest BCUT2D eigenvalue weighted by Gasteiger charge is -2.34. The smallest absolute Gasteiger partial charge is 0.318 e. The summed E-state index contributed by atoms with van der Waals surface area (Å²) in [5.74, 6) is 0.864. The summed E-state index contributed by atoms with van der Waals surface area (Å²) in [6.07, 6.45) is 10.1. The second-order valence-corrected chi connectivity index (χ2v) is 10.7. The Morgan fingerprint density at radius 2 is 1.86 bits per heavy atom. The summed E-state index contributed by atoms with van der Waals surface area (Å²) in [5, 5.41) is 8.98. The largest absolute Gasteiger partial charge is 0.381 e. The molecule has 2 saturated heterocycles. The molecule has 0 aromatic carbocycles. The predicted molar refractivity (Wildman–Crippen MR) is 132 cm³/mol. The van der Waals surface area contributed by atoms with Crippen molar-refractivity contribution in [3.63, 3.8) is 0 Å². The number of rotatable bonds is 4. The fraction of sp³-hybridized carbons (Fsp3) is 0.692. The number of hydrogen-bond donors (Lipinski definition) is 3. The van der Waals surface area contributed by atoms with Gasteiger partial charge in [0.25, 0.3) is 0 Å². The van der Waals surface area contributed by atoms with Gasteiger partial charge in [-0.1, -0.05) is 19.8 Å². The summed E-state index contributed by atoms with van der Waals surface area (Å²) in [4.78, 5) is 45.6. The van der Waals surface area contributed by atoms with Gasteiger partial charge in [0, 0.05) is 44.1 Å². The highest BCUT2D eigenvalue weighted by Gasteiger charge is 2.48. The number of nitrogens with zero attached hydrogens (tertiary/aromatic N) is 2. The van der Waals surface area contributed by atoms with Crippen molar-refractivity contribution in [1.82, 2.24) is 15.2 Å². The van der Waals surface area contributed by atoms with E-state index in [1.165, 1.54) is 0 Å². The first-order chi connectivity index (χ1) is 17.0. The van der Waals surface area contributed by atoms with Crippen molar-refractivity contribution in [1.29, 1.82) is 0 Å². The van der Waals surface area contributed by atoms with E-state index in [9.17, 15) is 14.4 Å². The lowest BCUT2D eigenvalue weighted by Crippen LogP contribution is -2.54. The van der Waals surface area contributed by atoms with E-state index in [-0.39, 0.29) is 23.8 Å². The number of urea groups is 1. The molecule has 4 aliphatic rings. The zero-order valence-electron chi connectivity index (χ0n) is 20.6. The average Bonchev–Trinajstić information content (AvgIpc) is 3.13. The van der Waals surface area contributed by atoms with Crippen LogP contribution >= 0.6 is 0 Å². The van der Waals surface area contributed by atoms with Crippen LogP contribution in [0.1, 0.15) is 70.3 Å². The number of nitrogens with one attached hydrogen (secondary N) is 3. The van der Waals surface area contributed by atoms with Crippen molar-refractivity contribution in [2.75, 3.05) is 36.9 Å². The monoisotopic (exact) mass is 483 g/mol. The fourth-order valence-corrected chi connectivity index (χ4v) is 6.13. The highest BCUT2D eigenvalue weighted by atomic mass is 16.5. The third-order valence-electron chi connectivity index (χ3n) is 8.44. The molecule has 1 spiro atoms. The highest BCUT2D eigenvalue weighted by molar-refractivity contribution is 6.07. The normalized spacial score (nSPS) is 26.5. The highest BCUT2D eigenvalue weighted by Crippen LogP contribution is 2.44. The number of hydrogen-bond acceptors (Lipinski definition) is 5. The molecule has 35 heavy (non-hydrogen) atoms. The van der Waals surface area contributed by atoms with E-state index in [2.05, 4.69) is 27.9 Å². The van der Waals surface area contributed by atoms with Crippen LogP contribution in [0.25, 0.3) is 0 Å². The van der Waals surface area contributed by atoms with Gasteiger partial charge in [0.2, 0.25) is 11.8 Å². The summed E-state index contributed by atoms with van der Waals surface area (Å²) in [5.41, 5.74) is 0.981. The topological polar surface area (TPSA) is 113 Å². The molecular weight excluding hydrogens is 446 g/mol. The molecule has 1 aromatic rings. The van der Waals surface area contributed by atoms with Crippen LogP contribution in [0.3, 0.4) is 0 Å². The minimum absolute atomic E-state index is 0.0240. The van der Waals surface area contributed by atoms with Crippen LogP contribution in [0.4, 0.5) is 16.3 Å². The molecule has 9 heteroatoms. The van der Waals surface area contributed by atoms with Crippen LogP contribution in [0, 0.1) is 11.8 Å². The molecule has 4 heterocycles. The van der Waals surface area contributed by atoms with Crippen molar-refractivity contribution in [2.24, 2.45) is 11.8 Å². The number of fused-ring (bicyclic) bond motifs is 2. The summed E-state index contributed by atoms with van der Waals surface area (Å²) < 4.78 is 5.47. The van der Waals surface area contributed by atoms with Crippen LogP contribution < -0.4 is 16.0 Å². The van der Waals surface area contributed by atoms with E-state index >= 15 is 0 Å². The van der Waals surface area contributed by atoms with Gasteiger partial charge < -0.3 is 25.6 Å². The first-order valence-corrected chi connectivity index (χ1v) is 13.2. The van der Waals surface area contributed by atoms with Gasteiger partial charge in [-0.2, -0.15) is 0 Å². The first kappa shape index (κ1) is 24.0. The van der Waals surface area contributed by atoms with E-state index in [0.717, 1.165) is 63.6 Å². The fourth-order valence-electron chi connectivity index (χ4n) is 6.13. The van der Waals surface area contributed by atoms with Gasteiger partial charge in [-0.25, -0.2) is 9.78 Å². The molecule has 5 rings (SSSR count). The van der Waals surface area contributed by atoms with Crippen LogP contribution in [0.15, 0.2) is 12.3 Å². The number of amides is 4. The van der Waals surface area contributed by atoms with Crippen molar-refractivity contribution in [2.45, 2.75) is 76.2 Å². The summed E-state index contributed by atoms with van der Waals surface area (Å²) in [6, 6.07) is 0.976. The van der Waals surface area contributed by atoms with Gasteiger partial charge in [-0.05, 0) is 56.8 Å². The molecule has 1 aromatic heterocycles. The third kappa shape index (κ3) is 4.87. The minimum atomic E-state index is -0.608. The van der Waals surface area contributed by atoms with Crippen molar-refractivity contribution < 1.29 is 19.1 Å². The molecule has 1 atom stereocenters. The quantitative estimate of drug-likeness (QED) is 0.608. The van der Waals surface area contributed by atoms with Crippen molar-refractivity contribution in [3.05, 3.63) is 17.8 Å². The molecule has 190 valence electrons. The van der Waals surface area contributed by atoms with Crippen molar-refractivity contribution in [3.8, 4) is 0 Å². The van der Waals surface area contributed by atoms with E-state index in [1.807, 2.05) is 4.90 Å². The maximum Gasteiger partial charge on any atom is 0.318 e. The minimum Gasteiger partial charge on any atom is -0.381 e. The Labute approximate surface area is 206 Å². The Morgan fingerprint density at radius 3 is 2.57 bits per heavy atom. The molecule has 9 nitrogen and oxygen atoms in total. The molecule has 1 aliphatic carbocycles. The average molecular weight is 484 g/mol. The number of carbonyl (C=O) groups excluding carboxylic acids is 3. The summed E-state index contributed by atoms with van der Waals surface area (Å²) in [6.45, 7) is 4.81. The standard InChI is InChI=1S/C26H37N5O4/c1-17-5-7-18(8-6-17)22(30-25(34)31-11-3-2-4-12-31)23(32)29-21-15-20-19(16-27-21)26(24(33)28-20)9-13-35-14-10-26/h15-18,22H,2-14H2,1H3,(H,28,33)(H,30,34)(H,27,29,32). The number of ether oxygens (including phenoxy) is 1. The molecule has 1 unspecified atom stereocenters. The van der Waals surface area contributed by atoms with Gasteiger partial charge in [0.1, 0.15) is 11.9 Å². The van der Waals surface area contributed by atoms with Crippen LogP contribution in [0.5, 0.6) is 0 Å². The summed E-state index contributed by atoms with van der Waals surface area (Å²) in [7, 11) is 0. The zero-order valence-corrected chi connectivity index (χ0v) is 20.6. The van der Waals surface area contributed by atoms with Gasteiger partial charge in [0.05, 0.1) is 11.1 Å². The number of pyridine rings is 1. The molecule has 4 amide bonds. The van der Waals surface area contributed by atoms with Gasteiger partial charge in [-0.3, -0.25) is 9.59 Å². The maximum atomic E-state index is 13.5. The molecule has 0 bridgehead atoms. The molecular formula is C26H37N5O4. The Morgan fingerprint density at radius 1 is 1.14 bits per heavy atom. The number of carbonyl (C=O) groups is 3. The van der Waals surface area contributed by atoms with Crippen LogP contribution in [-0.2, 0) is 19.7 Å². The van der Waals surface area contributed by atoms with E-state index in [0.29, 0.717) is 43.5 Å². The first-order valence-electron chi connectivity index (χ1n) is 13.2. The molecule has 3 N–H and O–H groups in total. The molecule has 3 fully saturated rings. The van der Waals surface area contributed by atoms with E-state index in [4.69, 9.17) is 4.74 Å². The zero-order chi connectivity index (χ0) is 24.4. The van der Waals surface area contributed by atoms with Crippen LogP contribution in [0.2, 0.25) is 0 Å². The van der Waals surface area contributed by atoms with Gasteiger partial charge >= 0.3 is 6.03 Å². The summed E-state index contributed by atoms with van der Waals surface area (Å²) >= 11 is 0. The van der Waals surface area contributed by atoms with E-state index in [1.54, 1.807) is 12.3 Å². The van der Waals surface area contributed by atoms with E-state index < -0.39 is 11.5 Å². The maximum absolute atomic E-state index is 13.5. The Hall–Kier alpha value is -2.68. The third-order valence-corrected chi connectivity index (χ3v) is 8.44. The Balaban J connectivity index is 1.31. The second-order valence-electron chi connectivity index (χ2n) is 10.7. The number of piperidine rings is 1. The van der Waals surface area contributed by atoms with Crippen molar-refractivity contribution >= 4 is 29.4 Å². The number of likely N-dealkylation sites (tertiary alicyclic amines) is 1. The molecule has 0 radical (unpaired) electrons. The molecule has 1 saturated carbocycles. The Bertz CT molecular complexity index is 962. The van der Waals surface area contributed by atoms with Crippen LogP contribution in [-0.4, -0.2) is 60.1 Å². The SMILES string of the molecule is CC1CCC(C(NC(=O)N2CCCCC2)C(=O)Nc2cc3c(cn2)C2(CCOCC2)C(=O)N3)CC1. The predicted octanol–water partition coefficient (Wildman–Crippen LogP) is 3.41. The lowest BCUT2D eigenvalue weighted by molar-refractivity contribution is -0.124. The number of aromatic nitrogens is 1. The lowest BCUT2D eigenvalue weighted by atomic mass is 9.76.